The molecule has 2 aromatic heterocycles. The van der Waals surface area contributed by atoms with E-state index in [0.29, 0.717) is 12.2 Å². The van der Waals surface area contributed by atoms with Crippen molar-refractivity contribution in [2.24, 2.45) is 0 Å². The molecule has 0 aliphatic rings. The molecule has 4 N–H and O–H groups in total. The van der Waals surface area contributed by atoms with E-state index in [1.54, 1.807) is 12.3 Å². The van der Waals surface area contributed by atoms with Crippen molar-refractivity contribution in [3.05, 3.63) is 24.4 Å². The van der Waals surface area contributed by atoms with Gasteiger partial charge in [-0.05, 0) is 25.0 Å². The average molecular weight is 260 g/mol. The fraction of sp³-hybridized carbons (Fsp3) is 0.429. The first kappa shape index (κ1) is 13.5. The lowest BCUT2D eigenvalue weighted by Crippen LogP contribution is -2.21. The van der Waals surface area contributed by atoms with Crippen LogP contribution in [0.1, 0.15) is 26.2 Å². The van der Waals surface area contributed by atoms with Gasteiger partial charge in [-0.15, -0.1) is 0 Å². The van der Waals surface area contributed by atoms with Gasteiger partial charge in [0.1, 0.15) is 11.3 Å². The number of nitrogen functional groups attached to an aromatic ring is 1. The van der Waals surface area contributed by atoms with Crippen molar-refractivity contribution in [1.29, 1.82) is 0 Å². The van der Waals surface area contributed by atoms with Gasteiger partial charge in [-0.25, -0.2) is 4.98 Å². The highest BCUT2D eigenvalue weighted by Gasteiger charge is 2.11. The smallest absolute Gasteiger partial charge is 0.126 e. The van der Waals surface area contributed by atoms with E-state index in [0.717, 1.165) is 29.6 Å². The predicted octanol–water partition coefficient (Wildman–Crippen LogP) is 2.17. The number of nitrogens with one attached hydrogen (secondary N) is 1. The van der Waals surface area contributed by atoms with Crippen molar-refractivity contribution >= 4 is 22.5 Å². The van der Waals surface area contributed by atoms with Gasteiger partial charge in [-0.1, -0.05) is 13.3 Å². The summed E-state index contributed by atoms with van der Waals surface area (Å²) in [5, 5.41) is 12.5. The van der Waals surface area contributed by atoms with Gasteiger partial charge in [0, 0.05) is 24.9 Å². The van der Waals surface area contributed by atoms with Gasteiger partial charge < -0.3 is 16.2 Å². The van der Waals surface area contributed by atoms with Crippen molar-refractivity contribution in [2.75, 3.05) is 17.7 Å². The highest BCUT2D eigenvalue weighted by atomic mass is 16.3. The molecule has 0 aliphatic heterocycles. The van der Waals surface area contributed by atoms with Crippen molar-refractivity contribution in [3.63, 3.8) is 0 Å². The second-order valence-electron chi connectivity index (χ2n) is 4.61. The van der Waals surface area contributed by atoms with Crippen molar-refractivity contribution in [3.8, 4) is 0 Å². The maximum Gasteiger partial charge on any atom is 0.126 e. The second-order valence-corrected chi connectivity index (χ2v) is 4.61. The molecule has 0 amide bonds. The predicted molar refractivity (Wildman–Crippen MR) is 78.0 cm³/mol. The molecule has 19 heavy (non-hydrogen) atoms. The van der Waals surface area contributed by atoms with Crippen molar-refractivity contribution < 1.29 is 5.11 Å². The molecular weight excluding hydrogens is 240 g/mol. The first-order chi connectivity index (χ1) is 9.24. The average Bonchev–Trinajstić information content (AvgIpc) is 2.39. The Labute approximate surface area is 112 Å². The zero-order valence-corrected chi connectivity index (χ0v) is 11.1. The van der Waals surface area contributed by atoms with Crippen molar-refractivity contribution in [1.82, 2.24) is 9.97 Å². The van der Waals surface area contributed by atoms with Crippen molar-refractivity contribution in [2.45, 2.75) is 32.2 Å². The first-order valence-corrected chi connectivity index (χ1v) is 6.63. The van der Waals surface area contributed by atoms with Crippen LogP contribution < -0.4 is 11.1 Å². The molecular formula is C14H20N4O. The minimum absolute atomic E-state index is 0.170. The first-order valence-electron chi connectivity index (χ1n) is 6.63. The lowest BCUT2D eigenvalue weighted by molar-refractivity contribution is 0.276. The molecule has 0 spiro atoms. The van der Waals surface area contributed by atoms with E-state index in [9.17, 15) is 0 Å². The number of rotatable bonds is 6. The van der Waals surface area contributed by atoms with Gasteiger partial charge >= 0.3 is 0 Å². The largest absolute Gasteiger partial charge is 0.396 e. The van der Waals surface area contributed by atoms with E-state index >= 15 is 0 Å². The van der Waals surface area contributed by atoms with E-state index in [1.807, 2.05) is 12.1 Å². The minimum atomic E-state index is 0.170. The minimum Gasteiger partial charge on any atom is -0.396 e. The van der Waals surface area contributed by atoms with E-state index in [1.165, 1.54) is 0 Å². The lowest BCUT2D eigenvalue weighted by Gasteiger charge is -2.19. The highest BCUT2D eigenvalue weighted by molar-refractivity contribution is 5.89. The number of anilines is 2. The molecule has 2 aromatic rings. The molecule has 0 aliphatic carbocycles. The van der Waals surface area contributed by atoms with Gasteiger partial charge in [0.2, 0.25) is 0 Å². The number of pyridine rings is 2. The molecule has 0 bridgehead atoms. The Morgan fingerprint density at radius 2 is 2.26 bits per heavy atom. The monoisotopic (exact) mass is 260 g/mol. The Kier molecular flexibility index (Phi) is 4.52. The molecule has 0 aromatic carbocycles. The zero-order chi connectivity index (χ0) is 13.7. The summed E-state index contributed by atoms with van der Waals surface area (Å²) in [4.78, 5) is 8.61. The molecule has 0 saturated heterocycles. The van der Waals surface area contributed by atoms with Crippen LogP contribution in [0.3, 0.4) is 0 Å². The van der Waals surface area contributed by atoms with Gasteiger partial charge in [0.05, 0.1) is 11.2 Å². The molecule has 1 unspecified atom stereocenters. The Balaban J connectivity index is 2.32. The summed E-state index contributed by atoms with van der Waals surface area (Å²) in [5.41, 5.74) is 8.30. The van der Waals surface area contributed by atoms with Gasteiger partial charge in [-0.2, -0.15) is 0 Å². The molecule has 1 atom stereocenters. The van der Waals surface area contributed by atoms with Crippen LogP contribution in [0.2, 0.25) is 0 Å². The Bertz CT molecular complexity index is 538. The lowest BCUT2D eigenvalue weighted by atomic mass is 10.1. The number of aliphatic hydroxyl groups is 1. The molecule has 5 nitrogen and oxygen atoms in total. The Morgan fingerprint density at radius 1 is 1.42 bits per heavy atom. The molecule has 0 saturated carbocycles. The second kappa shape index (κ2) is 6.33. The van der Waals surface area contributed by atoms with Crippen LogP contribution in [0, 0.1) is 0 Å². The summed E-state index contributed by atoms with van der Waals surface area (Å²) >= 11 is 0. The summed E-state index contributed by atoms with van der Waals surface area (Å²) in [7, 11) is 0. The van der Waals surface area contributed by atoms with E-state index in [4.69, 9.17) is 10.8 Å². The van der Waals surface area contributed by atoms with Crippen LogP contribution in [0.4, 0.5) is 11.5 Å². The summed E-state index contributed by atoms with van der Waals surface area (Å²) in [6, 6.07) is 5.76. The summed E-state index contributed by atoms with van der Waals surface area (Å²) < 4.78 is 0. The highest BCUT2D eigenvalue weighted by Crippen LogP contribution is 2.23. The van der Waals surface area contributed by atoms with Crippen LogP contribution >= 0.6 is 0 Å². The maximum absolute atomic E-state index is 9.12. The van der Waals surface area contributed by atoms with Gasteiger partial charge in [0.25, 0.3) is 0 Å². The third-order valence-corrected chi connectivity index (χ3v) is 3.06. The summed E-state index contributed by atoms with van der Waals surface area (Å²) in [6.07, 6.45) is 4.51. The van der Waals surface area contributed by atoms with Crippen LogP contribution in [0.15, 0.2) is 24.4 Å². The summed E-state index contributed by atoms with van der Waals surface area (Å²) in [6.45, 7) is 2.30. The number of nitrogens with two attached hydrogens (primary N) is 1. The molecule has 2 rings (SSSR count). The third-order valence-electron chi connectivity index (χ3n) is 3.06. The Morgan fingerprint density at radius 3 is 3.00 bits per heavy atom. The quantitative estimate of drug-likeness (QED) is 0.741. The normalized spacial score (nSPS) is 12.5. The molecule has 2 heterocycles. The fourth-order valence-electron chi connectivity index (χ4n) is 2.21. The van der Waals surface area contributed by atoms with Crippen LogP contribution in [-0.2, 0) is 0 Å². The Hall–Kier alpha value is -1.88. The third kappa shape index (κ3) is 3.32. The fourth-order valence-corrected chi connectivity index (χ4v) is 2.21. The molecule has 5 heteroatoms. The van der Waals surface area contributed by atoms with Crippen LogP contribution in [-0.4, -0.2) is 27.7 Å². The number of aliphatic hydroxyl groups excluding tert-OH is 1. The standard InChI is InChI=1S/C14H20N4O/c1-2-4-10(6-8-19)17-12-9-13(15)18-11-5-3-7-16-14(11)12/h3,5,7,9-10,19H,2,4,6,8H2,1H3,(H3,15,17,18). The van der Waals surface area contributed by atoms with E-state index < -0.39 is 0 Å². The van der Waals surface area contributed by atoms with Crippen LogP contribution in [0.25, 0.3) is 11.0 Å². The SMILES string of the molecule is CCCC(CCO)Nc1cc(N)nc2cccnc12. The van der Waals surface area contributed by atoms with Gasteiger partial charge in [0.15, 0.2) is 0 Å². The number of nitrogens with zero attached hydrogens (tertiary/aromatic N) is 2. The molecule has 102 valence electrons. The number of fused-ring (bicyclic) bond motifs is 1. The van der Waals surface area contributed by atoms with E-state index in [2.05, 4.69) is 22.2 Å². The van der Waals surface area contributed by atoms with Crippen LogP contribution in [0.5, 0.6) is 0 Å². The van der Waals surface area contributed by atoms with Gasteiger partial charge in [-0.3, -0.25) is 4.98 Å². The van der Waals surface area contributed by atoms with E-state index in [-0.39, 0.29) is 12.6 Å². The summed E-state index contributed by atoms with van der Waals surface area (Å²) in [5.74, 6) is 0.474. The number of hydrogen-bond acceptors (Lipinski definition) is 5. The number of aromatic nitrogens is 2. The maximum atomic E-state index is 9.12. The number of hydrogen-bond donors (Lipinski definition) is 3. The molecule has 0 fully saturated rings. The topological polar surface area (TPSA) is 84.1 Å². The zero-order valence-electron chi connectivity index (χ0n) is 11.1. The molecule has 0 radical (unpaired) electrons.